The molecule has 2 rings (SSSR count). The van der Waals surface area contributed by atoms with Crippen LogP contribution in [0.2, 0.25) is 10.0 Å². The lowest BCUT2D eigenvalue weighted by molar-refractivity contribution is 0.897. The molecule has 94 valence electrons. The molecular formula is C11H9BrCl2N4. The summed E-state index contributed by atoms with van der Waals surface area (Å²) in [6, 6.07) is 3.44. The Bertz CT molecular complexity index is 622. The van der Waals surface area contributed by atoms with Crippen LogP contribution in [0.5, 0.6) is 0 Å². The van der Waals surface area contributed by atoms with Gasteiger partial charge in [-0.3, -0.25) is 0 Å². The number of nitrogens with zero attached hydrogens (tertiary/aromatic N) is 3. The number of rotatable bonds is 2. The zero-order chi connectivity index (χ0) is 13.3. The molecule has 0 saturated heterocycles. The number of anilines is 1. The lowest BCUT2D eigenvalue weighted by Crippen LogP contribution is -1.97. The lowest BCUT2D eigenvalue weighted by atomic mass is 10.2. The molecule has 0 fully saturated rings. The van der Waals surface area contributed by atoms with Crippen molar-refractivity contribution in [2.24, 2.45) is 5.10 Å². The van der Waals surface area contributed by atoms with Crippen LogP contribution in [-0.4, -0.2) is 15.9 Å². The van der Waals surface area contributed by atoms with Gasteiger partial charge < -0.3 is 5.73 Å². The van der Waals surface area contributed by atoms with Crippen molar-refractivity contribution in [1.82, 2.24) is 9.66 Å². The van der Waals surface area contributed by atoms with Crippen molar-refractivity contribution in [3.05, 3.63) is 44.1 Å². The fourth-order valence-corrected chi connectivity index (χ4v) is 2.38. The van der Waals surface area contributed by atoms with Gasteiger partial charge in [0.15, 0.2) is 0 Å². The maximum absolute atomic E-state index is 6.12. The van der Waals surface area contributed by atoms with Crippen molar-refractivity contribution in [2.75, 3.05) is 5.73 Å². The summed E-state index contributed by atoms with van der Waals surface area (Å²) in [5, 5.41) is 5.29. The molecule has 7 heteroatoms. The molecule has 0 saturated carbocycles. The monoisotopic (exact) mass is 346 g/mol. The number of aryl methyl sites for hydroxylation is 1. The standard InChI is InChI=1S/C11H9BrCl2N4/c1-6-5-18(11(15)17-6)16-4-7-2-8(13)3-9(12)10(7)14/h2-5H,1H3,(H2,15,17). The second kappa shape index (κ2) is 5.30. The van der Waals surface area contributed by atoms with Crippen molar-refractivity contribution in [1.29, 1.82) is 0 Å². The molecule has 2 aromatic rings. The van der Waals surface area contributed by atoms with Crippen molar-refractivity contribution in [2.45, 2.75) is 6.92 Å². The minimum Gasteiger partial charge on any atom is -0.368 e. The molecule has 0 spiro atoms. The Balaban J connectivity index is 2.37. The third kappa shape index (κ3) is 2.85. The van der Waals surface area contributed by atoms with Crippen LogP contribution in [0.15, 0.2) is 27.9 Å². The summed E-state index contributed by atoms with van der Waals surface area (Å²) in [7, 11) is 0. The van der Waals surface area contributed by atoms with E-state index in [1.54, 1.807) is 24.5 Å². The Hall–Kier alpha value is -1.04. The van der Waals surface area contributed by atoms with Crippen molar-refractivity contribution in [3.63, 3.8) is 0 Å². The van der Waals surface area contributed by atoms with Crippen molar-refractivity contribution in [3.8, 4) is 0 Å². The Morgan fingerprint density at radius 1 is 1.44 bits per heavy atom. The molecule has 2 N–H and O–H groups in total. The highest BCUT2D eigenvalue weighted by Crippen LogP contribution is 2.29. The Morgan fingerprint density at radius 2 is 2.17 bits per heavy atom. The molecule has 4 nitrogen and oxygen atoms in total. The number of halogens is 3. The third-order valence-electron chi connectivity index (χ3n) is 2.18. The first-order chi connectivity index (χ1) is 8.47. The smallest absolute Gasteiger partial charge is 0.221 e. The molecular weight excluding hydrogens is 339 g/mol. The van der Waals surface area contributed by atoms with Gasteiger partial charge in [0.2, 0.25) is 5.95 Å². The summed E-state index contributed by atoms with van der Waals surface area (Å²) in [6.45, 7) is 1.84. The van der Waals surface area contributed by atoms with Crippen LogP contribution in [0.3, 0.4) is 0 Å². The average molecular weight is 348 g/mol. The number of hydrogen-bond acceptors (Lipinski definition) is 3. The van der Waals surface area contributed by atoms with Crippen LogP contribution in [0.1, 0.15) is 11.3 Å². The second-order valence-corrected chi connectivity index (χ2v) is 5.29. The molecule has 1 aromatic carbocycles. The number of hydrogen-bond donors (Lipinski definition) is 1. The van der Waals surface area contributed by atoms with E-state index in [4.69, 9.17) is 28.9 Å². The van der Waals surface area contributed by atoms with E-state index in [2.05, 4.69) is 26.0 Å². The predicted molar refractivity (Wildman–Crippen MR) is 78.5 cm³/mol. The highest BCUT2D eigenvalue weighted by atomic mass is 79.9. The van der Waals surface area contributed by atoms with Gasteiger partial charge in [-0.05, 0) is 35.0 Å². The first-order valence-corrected chi connectivity index (χ1v) is 6.52. The zero-order valence-electron chi connectivity index (χ0n) is 9.36. The molecule has 0 bridgehead atoms. The van der Waals surface area contributed by atoms with Crippen LogP contribution >= 0.6 is 39.1 Å². The Morgan fingerprint density at radius 3 is 2.78 bits per heavy atom. The molecule has 0 aliphatic carbocycles. The maximum Gasteiger partial charge on any atom is 0.221 e. The van der Waals surface area contributed by atoms with Gasteiger partial charge in [-0.1, -0.05) is 23.2 Å². The normalized spacial score (nSPS) is 11.3. The number of nitrogen functional groups attached to an aromatic ring is 1. The van der Waals surface area contributed by atoms with E-state index in [1.807, 2.05) is 6.92 Å². The van der Waals surface area contributed by atoms with E-state index >= 15 is 0 Å². The van der Waals surface area contributed by atoms with E-state index in [9.17, 15) is 0 Å². The fraction of sp³-hybridized carbons (Fsp3) is 0.0909. The molecule has 0 radical (unpaired) electrons. The van der Waals surface area contributed by atoms with Crippen LogP contribution in [0.4, 0.5) is 5.95 Å². The highest BCUT2D eigenvalue weighted by molar-refractivity contribution is 9.10. The maximum atomic E-state index is 6.12. The number of imidazole rings is 1. The predicted octanol–water partition coefficient (Wildman–Crippen LogP) is 3.73. The van der Waals surface area contributed by atoms with E-state index in [-0.39, 0.29) is 0 Å². The van der Waals surface area contributed by atoms with Crippen molar-refractivity contribution < 1.29 is 0 Å². The second-order valence-electron chi connectivity index (χ2n) is 3.62. The van der Waals surface area contributed by atoms with Crippen LogP contribution in [0.25, 0.3) is 0 Å². The SMILES string of the molecule is Cc1cn(N=Cc2cc(Cl)cc(Br)c2Cl)c(N)n1. The first kappa shape index (κ1) is 13.4. The summed E-state index contributed by atoms with van der Waals surface area (Å²) in [5.41, 5.74) is 7.16. The van der Waals surface area contributed by atoms with Crippen LogP contribution < -0.4 is 5.73 Å². The quantitative estimate of drug-likeness (QED) is 0.664. The number of benzene rings is 1. The summed E-state index contributed by atoms with van der Waals surface area (Å²) < 4.78 is 2.19. The summed E-state index contributed by atoms with van der Waals surface area (Å²) >= 11 is 15.4. The number of nitrogens with two attached hydrogens (primary N) is 1. The zero-order valence-corrected chi connectivity index (χ0v) is 12.5. The van der Waals surface area contributed by atoms with Gasteiger partial charge in [-0.15, -0.1) is 0 Å². The van der Waals surface area contributed by atoms with Gasteiger partial charge in [-0.2, -0.15) is 5.10 Å². The Labute approximate surface area is 123 Å². The van der Waals surface area contributed by atoms with E-state index in [0.717, 1.165) is 5.69 Å². The molecule has 0 atom stereocenters. The third-order valence-corrected chi connectivity index (χ3v) is 3.67. The minimum absolute atomic E-state index is 0.320. The summed E-state index contributed by atoms with van der Waals surface area (Å²) in [5.74, 6) is 0.320. The lowest BCUT2D eigenvalue weighted by Gasteiger charge is -2.02. The molecule has 0 aliphatic rings. The molecule has 1 heterocycles. The molecule has 18 heavy (non-hydrogen) atoms. The first-order valence-electron chi connectivity index (χ1n) is 4.97. The van der Waals surface area contributed by atoms with Gasteiger partial charge in [-0.25, -0.2) is 9.66 Å². The molecule has 0 aliphatic heterocycles. The highest BCUT2D eigenvalue weighted by Gasteiger charge is 2.05. The fourth-order valence-electron chi connectivity index (χ4n) is 1.39. The van der Waals surface area contributed by atoms with E-state index in [1.165, 1.54) is 4.68 Å². The van der Waals surface area contributed by atoms with Gasteiger partial charge >= 0.3 is 0 Å². The topological polar surface area (TPSA) is 56.2 Å². The molecule has 0 amide bonds. The van der Waals surface area contributed by atoms with Crippen LogP contribution in [0, 0.1) is 6.92 Å². The summed E-state index contributed by atoms with van der Waals surface area (Å²) in [4.78, 5) is 4.04. The Kier molecular flexibility index (Phi) is 3.94. The largest absolute Gasteiger partial charge is 0.368 e. The van der Waals surface area contributed by atoms with E-state index in [0.29, 0.717) is 26.0 Å². The minimum atomic E-state index is 0.320. The molecule has 1 aromatic heterocycles. The van der Waals surface area contributed by atoms with E-state index < -0.39 is 0 Å². The van der Waals surface area contributed by atoms with Crippen LogP contribution in [-0.2, 0) is 0 Å². The van der Waals surface area contributed by atoms with Gasteiger partial charge in [0.25, 0.3) is 0 Å². The number of aromatic nitrogens is 2. The average Bonchev–Trinajstić information content (AvgIpc) is 2.60. The van der Waals surface area contributed by atoms with Gasteiger partial charge in [0, 0.05) is 15.1 Å². The van der Waals surface area contributed by atoms with Gasteiger partial charge in [0.1, 0.15) is 0 Å². The summed E-state index contributed by atoms with van der Waals surface area (Å²) in [6.07, 6.45) is 3.30. The molecule has 0 unspecified atom stereocenters. The van der Waals surface area contributed by atoms with Gasteiger partial charge in [0.05, 0.1) is 23.1 Å². The van der Waals surface area contributed by atoms with Crippen molar-refractivity contribution >= 4 is 51.3 Å².